The SMILES string of the molecule is CCC(C#N)C(=O)NC(C)c1ccc(Cl)s1. The van der Waals surface area contributed by atoms with Crippen molar-refractivity contribution in [2.75, 3.05) is 0 Å². The molecule has 1 amide bonds. The second kappa shape index (κ2) is 5.88. The summed E-state index contributed by atoms with van der Waals surface area (Å²) in [5.41, 5.74) is 0. The van der Waals surface area contributed by atoms with Gasteiger partial charge in [-0.3, -0.25) is 4.79 Å². The summed E-state index contributed by atoms with van der Waals surface area (Å²) in [6.07, 6.45) is 0.528. The average Bonchev–Trinajstić information content (AvgIpc) is 2.66. The number of nitriles is 1. The Bertz CT molecular complexity index is 410. The third-order valence-electron chi connectivity index (χ3n) is 2.26. The molecule has 1 aromatic heterocycles. The van der Waals surface area contributed by atoms with Crippen molar-refractivity contribution in [3.8, 4) is 6.07 Å². The zero-order valence-electron chi connectivity index (χ0n) is 9.16. The van der Waals surface area contributed by atoms with E-state index in [1.165, 1.54) is 11.3 Å². The van der Waals surface area contributed by atoms with Crippen molar-refractivity contribution in [3.63, 3.8) is 0 Å². The summed E-state index contributed by atoms with van der Waals surface area (Å²) >= 11 is 7.24. The molecule has 0 fully saturated rings. The van der Waals surface area contributed by atoms with E-state index in [1.54, 1.807) is 6.07 Å². The fourth-order valence-electron chi connectivity index (χ4n) is 1.28. The van der Waals surface area contributed by atoms with Crippen molar-refractivity contribution in [1.82, 2.24) is 5.32 Å². The summed E-state index contributed by atoms with van der Waals surface area (Å²) in [5, 5.41) is 11.6. The van der Waals surface area contributed by atoms with E-state index in [1.807, 2.05) is 26.0 Å². The molecule has 0 aliphatic heterocycles. The van der Waals surface area contributed by atoms with Crippen LogP contribution in [0.15, 0.2) is 12.1 Å². The van der Waals surface area contributed by atoms with Crippen LogP contribution < -0.4 is 5.32 Å². The molecule has 0 radical (unpaired) electrons. The van der Waals surface area contributed by atoms with E-state index < -0.39 is 5.92 Å². The maximum atomic E-state index is 11.6. The van der Waals surface area contributed by atoms with E-state index in [2.05, 4.69) is 5.32 Å². The quantitative estimate of drug-likeness (QED) is 0.900. The largest absolute Gasteiger partial charge is 0.348 e. The van der Waals surface area contributed by atoms with E-state index in [-0.39, 0.29) is 11.9 Å². The topological polar surface area (TPSA) is 52.9 Å². The van der Waals surface area contributed by atoms with Gasteiger partial charge in [-0.15, -0.1) is 11.3 Å². The molecule has 0 aromatic carbocycles. The Labute approximate surface area is 104 Å². The zero-order valence-corrected chi connectivity index (χ0v) is 10.7. The number of hydrogen-bond donors (Lipinski definition) is 1. The molecule has 0 spiro atoms. The summed E-state index contributed by atoms with van der Waals surface area (Å²) in [7, 11) is 0. The van der Waals surface area contributed by atoms with Crippen molar-refractivity contribution in [2.24, 2.45) is 5.92 Å². The molecule has 0 aliphatic carbocycles. The van der Waals surface area contributed by atoms with Gasteiger partial charge in [0.25, 0.3) is 0 Å². The minimum absolute atomic E-state index is 0.104. The molecule has 1 rings (SSSR count). The number of nitrogens with zero attached hydrogens (tertiary/aromatic N) is 1. The lowest BCUT2D eigenvalue weighted by Gasteiger charge is -2.14. The highest BCUT2D eigenvalue weighted by Gasteiger charge is 2.18. The summed E-state index contributed by atoms with van der Waals surface area (Å²) in [6, 6.07) is 5.55. The molecule has 3 nitrogen and oxygen atoms in total. The number of halogens is 1. The highest BCUT2D eigenvalue weighted by atomic mass is 35.5. The fourth-order valence-corrected chi connectivity index (χ4v) is 2.34. The molecule has 1 heterocycles. The van der Waals surface area contributed by atoms with Gasteiger partial charge in [0.05, 0.1) is 16.4 Å². The smallest absolute Gasteiger partial charge is 0.237 e. The Hall–Kier alpha value is -1.05. The molecule has 0 bridgehead atoms. The number of rotatable bonds is 4. The van der Waals surface area contributed by atoms with Crippen molar-refractivity contribution in [1.29, 1.82) is 5.26 Å². The van der Waals surface area contributed by atoms with Gasteiger partial charge in [-0.05, 0) is 25.5 Å². The van der Waals surface area contributed by atoms with Crippen LogP contribution in [0.3, 0.4) is 0 Å². The van der Waals surface area contributed by atoms with E-state index in [4.69, 9.17) is 16.9 Å². The van der Waals surface area contributed by atoms with Crippen molar-refractivity contribution >= 4 is 28.8 Å². The third-order valence-corrected chi connectivity index (χ3v) is 3.67. The lowest BCUT2D eigenvalue weighted by molar-refractivity contribution is -0.124. The molecule has 16 heavy (non-hydrogen) atoms. The average molecular weight is 257 g/mol. The first-order valence-electron chi connectivity index (χ1n) is 5.03. The van der Waals surface area contributed by atoms with E-state index >= 15 is 0 Å². The minimum atomic E-state index is -0.571. The number of nitrogens with one attached hydrogen (secondary N) is 1. The second-order valence-electron chi connectivity index (χ2n) is 3.46. The molecule has 2 unspecified atom stereocenters. The number of amides is 1. The normalized spacial score (nSPS) is 13.9. The molecular weight excluding hydrogens is 244 g/mol. The summed E-state index contributed by atoms with van der Waals surface area (Å²) in [4.78, 5) is 12.6. The molecule has 5 heteroatoms. The van der Waals surface area contributed by atoms with Gasteiger partial charge in [0, 0.05) is 4.88 Å². The maximum Gasteiger partial charge on any atom is 0.237 e. The molecule has 86 valence electrons. The number of thiophene rings is 1. The minimum Gasteiger partial charge on any atom is -0.348 e. The highest BCUT2D eigenvalue weighted by Crippen LogP contribution is 2.26. The Morgan fingerprint density at radius 2 is 2.38 bits per heavy atom. The van der Waals surface area contributed by atoms with Crippen molar-refractivity contribution in [2.45, 2.75) is 26.3 Å². The number of carbonyl (C=O) groups is 1. The molecule has 0 saturated heterocycles. The van der Waals surface area contributed by atoms with Crippen LogP contribution in [-0.4, -0.2) is 5.91 Å². The van der Waals surface area contributed by atoms with Crippen molar-refractivity contribution < 1.29 is 4.79 Å². The first-order chi connectivity index (χ1) is 7.58. The van der Waals surface area contributed by atoms with Crippen molar-refractivity contribution in [3.05, 3.63) is 21.3 Å². The Kier molecular flexibility index (Phi) is 4.78. The van der Waals surface area contributed by atoms with Gasteiger partial charge in [-0.1, -0.05) is 18.5 Å². The third kappa shape index (κ3) is 3.22. The standard InChI is InChI=1S/C11H13ClN2OS/c1-3-8(6-13)11(15)14-7(2)9-4-5-10(12)16-9/h4-5,7-8H,3H2,1-2H3,(H,14,15). The molecule has 1 aromatic rings. The Morgan fingerprint density at radius 3 is 2.81 bits per heavy atom. The van der Waals surface area contributed by atoms with Crippen LogP contribution in [0.25, 0.3) is 0 Å². The molecule has 0 saturated carbocycles. The van der Waals surface area contributed by atoms with Gasteiger partial charge in [0.2, 0.25) is 5.91 Å². The van der Waals surface area contributed by atoms with Gasteiger partial charge in [0.15, 0.2) is 0 Å². The predicted molar refractivity (Wildman–Crippen MR) is 65.3 cm³/mol. The Balaban J connectivity index is 2.61. The summed E-state index contributed by atoms with van der Waals surface area (Å²) < 4.78 is 0.698. The van der Waals surface area contributed by atoms with Crippen LogP contribution in [0.5, 0.6) is 0 Å². The summed E-state index contributed by atoms with van der Waals surface area (Å²) in [6.45, 7) is 3.70. The number of carbonyl (C=O) groups excluding carboxylic acids is 1. The summed E-state index contributed by atoms with van der Waals surface area (Å²) in [5.74, 6) is -0.792. The first kappa shape index (κ1) is 13.0. The van der Waals surface area contributed by atoms with Crippen LogP contribution in [-0.2, 0) is 4.79 Å². The molecule has 2 atom stereocenters. The van der Waals surface area contributed by atoms with E-state index in [9.17, 15) is 4.79 Å². The highest BCUT2D eigenvalue weighted by molar-refractivity contribution is 7.16. The lowest BCUT2D eigenvalue weighted by Crippen LogP contribution is -2.31. The van der Waals surface area contributed by atoms with E-state index in [0.29, 0.717) is 10.8 Å². The van der Waals surface area contributed by atoms with Crippen LogP contribution in [0.2, 0.25) is 4.34 Å². The van der Waals surface area contributed by atoms with Gasteiger partial charge < -0.3 is 5.32 Å². The number of hydrogen-bond acceptors (Lipinski definition) is 3. The molecule has 0 aliphatic rings. The van der Waals surface area contributed by atoms with Crippen LogP contribution >= 0.6 is 22.9 Å². The monoisotopic (exact) mass is 256 g/mol. The fraction of sp³-hybridized carbons (Fsp3) is 0.455. The van der Waals surface area contributed by atoms with E-state index in [0.717, 1.165) is 4.88 Å². The molecule has 1 N–H and O–H groups in total. The predicted octanol–water partition coefficient (Wildman–Crippen LogP) is 3.13. The van der Waals surface area contributed by atoms with Gasteiger partial charge >= 0.3 is 0 Å². The second-order valence-corrected chi connectivity index (χ2v) is 5.21. The zero-order chi connectivity index (χ0) is 12.1. The van der Waals surface area contributed by atoms with Gasteiger partial charge in [-0.2, -0.15) is 5.26 Å². The Morgan fingerprint density at radius 1 is 1.69 bits per heavy atom. The maximum absolute atomic E-state index is 11.6. The lowest BCUT2D eigenvalue weighted by atomic mass is 10.1. The van der Waals surface area contributed by atoms with Crippen LogP contribution in [0.1, 0.15) is 31.2 Å². The van der Waals surface area contributed by atoms with Gasteiger partial charge in [-0.25, -0.2) is 0 Å². The van der Waals surface area contributed by atoms with Gasteiger partial charge in [0.1, 0.15) is 5.92 Å². The molecular formula is C11H13ClN2OS. The van der Waals surface area contributed by atoms with Crippen LogP contribution in [0, 0.1) is 17.2 Å². The van der Waals surface area contributed by atoms with Crippen LogP contribution in [0.4, 0.5) is 0 Å². The first-order valence-corrected chi connectivity index (χ1v) is 6.23.